The van der Waals surface area contributed by atoms with E-state index in [9.17, 15) is 0 Å². The summed E-state index contributed by atoms with van der Waals surface area (Å²) >= 11 is 5.88. The van der Waals surface area contributed by atoms with Crippen LogP contribution in [0.3, 0.4) is 0 Å². The van der Waals surface area contributed by atoms with E-state index in [2.05, 4.69) is 5.10 Å². The van der Waals surface area contributed by atoms with E-state index >= 15 is 0 Å². The maximum Gasteiger partial charge on any atom is 0.140 e. The van der Waals surface area contributed by atoms with Crippen LogP contribution in [0.25, 0.3) is 0 Å². The number of nitrogen functional groups attached to an aromatic ring is 1. The van der Waals surface area contributed by atoms with E-state index < -0.39 is 0 Å². The Labute approximate surface area is 89.2 Å². The number of anilines is 1. The van der Waals surface area contributed by atoms with Gasteiger partial charge in [-0.3, -0.25) is 0 Å². The van der Waals surface area contributed by atoms with Crippen LogP contribution in [0.5, 0.6) is 0 Å². The third-order valence-corrected chi connectivity index (χ3v) is 3.25. The van der Waals surface area contributed by atoms with E-state index in [1.807, 2.05) is 4.68 Å². The molecule has 1 aromatic heterocycles. The topological polar surface area (TPSA) is 43.8 Å². The summed E-state index contributed by atoms with van der Waals surface area (Å²) in [5.74, 6) is 0.624. The zero-order valence-corrected chi connectivity index (χ0v) is 9.00. The lowest BCUT2D eigenvalue weighted by molar-refractivity contribution is 0.411. The molecule has 0 radical (unpaired) electrons. The monoisotopic (exact) mass is 213 g/mol. The fourth-order valence-electron chi connectivity index (χ4n) is 2.14. The highest BCUT2D eigenvalue weighted by Crippen LogP contribution is 2.30. The summed E-state index contributed by atoms with van der Waals surface area (Å²) in [4.78, 5) is 0. The van der Waals surface area contributed by atoms with Gasteiger partial charge in [-0.2, -0.15) is 5.10 Å². The van der Waals surface area contributed by atoms with Gasteiger partial charge in [0.15, 0.2) is 0 Å². The molecule has 14 heavy (non-hydrogen) atoms. The van der Waals surface area contributed by atoms with Gasteiger partial charge in [-0.05, 0) is 12.8 Å². The summed E-state index contributed by atoms with van der Waals surface area (Å²) < 4.78 is 1.90. The average Bonchev–Trinajstić information content (AvgIpc) is 2.47. The van der Waals surface area contributed by atoms with Gasteiger partial charge in [0.1, 0.15) is 10.8 Å². The molecule has 2 N–H and O–H groups in total. The molecule has 0 atom stereocenters. The maximum absolute atomic E-state index is 5.88. The summed E-state index contributed by atoms with van der Waals surface area (Å²) in [6.45, 7) is 0. The normalized spacial score (nSPS) is 19.5. The highest BCUT2D eigenvalue weighted by atomic mass is 35.5. The molecular weight excluding hydrogens is 198 g/mol. The van der Waals surface area contributed by atoms with Gasteiger partial charge in [0.2, 0.25) is 0 Å². The second-order valence-electron chi connectivity index (χ2n) is 3.97. The van der Waals surface area contributed by atoms with Crippen molar-refractivity contribution in [3.63, 3.8) is 0 Å². The summed E-state index contributed by atoms with van der Waals surface area (Å²) in [5, 5.41) is 4.82. The molecule has 0 saturated heterocycles. The van der Waals surface area contributed by atoms with Crippen LogP contribution in [0.1, 0.15) is 44.6 Å². The molecule has 78 valence electrons. The number of halogens is 1. The summed E-state index contributed by atoms with van der Waals surface area (Å²) in [6, 6.07) is 0.463. The quantitative estimate of drug-likeness (QED) is 0.729. The fraction of sp³-hybridized carbons (Fsp3) is 0.700. The molecule has 3 nitrogen and oxygen atoms in total. The minimum Gasteiger partial charge on any atom is -0.383 e. The molecule has 2 rings (SSSR count). The lowest BCUT2D eigenvalue weighted by atomic mass is 10.1. The molecule has 1 aromatic rings. The zero-order chi connectivity index (χ0) is 9.97. The molecule has 1 heterocycles. The molecule has 0 aromatic carbocycles. The van der Waals surface area contributed by atoms with Crippen molar-refractivity contribution in [1.29, 1.82) is 0 Å². The Kier molecular flexibility index (Phi) is 2.96. The highest BCUT2D eigenvalue weighted by molar-refractivity contribution is 6.32. The van der Waals surface area contributed by atoms with E-state index in [0.717, 1.165) is 0 Å². The second kappa shape index (κ2) is 4.22. The van der Waals surface area contributed by atoms with E-state index in [1.165, 1.54) is 38.5 Å². The van der Waals surface area contributed by atoms with Gasteiger partial charge < -0.3 is 5.73 Å². The van der Waals surface area contributed by atoms with Gasteiger partial charge in [-0.1, -0.05) is 37.3 Å². The Morgan fingerprint density at radius 3 is 2.43 bits per heavy atom. The number of nitrogens with two attached hydrogens (primary N) is 1. The Bertz CT molecular complexity index is 300. The first-order valence-corrected chi connectivity index (χ1v) is 5.65. The minimum atomic E-state index is 0.463. The lowest BCUT2D eigenvalue weighted by Gasteiger charge is -2.15. The third-order valence-electron chi connectivity index (χ3n) is 2.96. The van der Waals surface area contributed by atoms with Crippen LogP contribution in [0, 0.1) is 0 Å². The Morgan fingerprint density at radius 1 is 1.29 bits per heavy atom. The van der Waals surface area contributed by atoms with Crippen molar-refractivity contribution in [2.45, 2.75) is 44.6 Å². The minimum absolute atomic E-state index is 0.463. The molecule has 1 aliphatic carbocycles. The Hall–Kier alpha value is -0.700. The van der Waals surface area contributed by atoms with Crippen molar-refractivity contribution >= 4 is 17.4 Å². The zero-order valence-electron chi connectivity index (χ0n) is 8.25. The van der Waals surface area contributed by atoms with Crippen molar-refractivity contribution < 1.29 is 0 Å². The Morgan fingerprint density at radius 2 is 1.93 bits per heavy atom. The van der Waals surface area contributed by atoms with E-state index in [4.69, 9.17) is 17.3 Å². The molecule has 0 spiro atoms. The maximum atomic E-state index is 5.88. The van der Waals surface area contributed by atoms with E-state index in [-0.39, 0.29) is 0 Å². The van der Waals surface area contributed by atoms with Crippen molar-refractivity contribution in [1.82, 2.24) is 9.78 Å². The van der Waals surface area contributed by atoms with Crippen LogP contribution in [-0.4, -0.2) is 9.78 Å². The number of nitrogens with zero attached hydrogens (tertiary/aromatic N) is 2. The summed E-state index contributed by atoms with van der Waals surface area (Å²) in [5.41, 5.74) is 5.85. The summed E-state index contributed by atoms with van der Waals surface area (Å²) in [6.07, 6.45) is 9.24. The number of rotatable bonds is 1. The van der Waals surface area contributed by atoms with Crippen LogP contribution in [-0.2, 0) is 0 Å². The standard InChI is InChI=1S/C10H16ClN3/c11-9-7-13-14(10(9)12)8-5-3-1-2-4-6-8/h7-8H,1-6,12H2. The van der Waals surface area contributed by atoms with Crippen molar-refractivity contribution in [2.24, 2.45) is 0 Å². The highest BCUT2D eigenvalue weighted by Gasteiger charge is 2.17. The average molecular weight is 214 g/mol. The molecular formula is C10H16ClN3. The van der Waals surface area contributed by atoms with Crippen LogP contribution in [0.4, 0.5) is 5.82 Å². The van der Waals surface area contributed by atoms with E-state index in [0.29, 0.717) is 16.9 Å². The molecule has 0 bridgehead atoms. The molecule has 1 fully saturated rings. The van der Waals surface area contributed by atoms with E-state index in [1.54, 1.807) is 6.20 Å². The van der Waals surface area contributed by atoms with Gasteiger partial charge in [-0.15, -0.1) is 0 Å². The van der Waals surface area contributed by atoms with Gasteiger partial charge in [0, 0.05) is 0 Å². The first-order chi connectivity index (χ1) is 6.79. The Balaban J connectivity index is 2.16. The fourth-order valence-corrected chi connectivity index (χ4v) is 2.27. The van der Waals surface area contributed by atoms with Crippen LogP contribution < -0.4 is 5.73 Å². The van der Waals surface area contributed by atoms with Crippen LogP contribution >= 0.6 is 11.6 Å². The molecule has 0 aliphatic heterocycles. The van der Waals surface area contributed by atoms with Crippen molar-refractivity contribution in [3.05, 3.63) is 11.2 Å². The lowest BCUT2D eigenvalue weighted by Crippen LogP contribution is -2.12. The number of aromatic nitrogens is 2. The van der Waals surface area contributed by atoms with Crippen molar-refractivity contribution in [3.8, 4) is 0 Å². The number of hydrogen-bond acceptors (Lipinski definition) is 2. The van der Waals surface area contributed by atoms with Crippen LogP contribution in [0.2, 0.25) is 5.02 Å². The molecule has 1 aliphatic rings. The SMILES string of the molecule is Nc1c(Cl)cnn1C1CCCCCC1. The predicted octanol–water partition coefficient (Wildman–Crippen LogP) is 3.01. The van der Waals surface area contributed by atoms with Gasteiger partial charge >= 0.3 is 0 Å². The van der Waals surface area contributed by atoms with Gasteiger partial charge in [0.05, 0.1) is 12.2 Å². The van der Waals surface area contributed by atoms with Gasteiger partial charge in [0.25, 0.3) is 0 Å². The molecule has 0 unspecified atom stereocenters. The molecule has 4 heteroatoms. The predicted molar refractivity (Wildman–Crippen MR) is 58.4 cm³/mol. The number of hydrogen-bond donors (Lipinski definition) is 1. The molecule has 1 saturated carbocycles. The van der Waals surface area contributed by atoms with Crippen LogP contribution in [0.15, 0.2) is 6.20 Å². The van der Waals surface area contributed by atoms with Gasteiger partial charge in [-0.25, -0.2) is 4.68 Å². The molecule has 0 amide bonds. The second-order valence-corrected chi connectivity index (χ2v) is 4.37. The third kappa shape index (κ3) is 1.87. The first-order valence-electron chi connectivity index (χ1n) is 5.27. The smallest absolute Gasteiger partial charge is 0.140 e. The first kappa shape index (κ1) is 9.84. The summed E-state index contributed by atoms with van der Waals surface area (Å²) in [7, 11) is 0. The largest absolute Gasteiger partial charge is 0.383 e. The van der Waals surface area contributed by atoms with Crippen molar-refractivity contribution in [2.75, 3.05) is 5.73 Å².